The highest BCUT2D eigenvalue weighted by Crippen LogP contribution is 2.23. The maximum Gasteiger partial charge on any atom is 0.252 e. The summed E-state index contributed by atoms with van der Waals surface area (Å²) < 4.78 is 1.58. The number of aliphatic hydroxyl groups excluding tert-OH is 1. The van der Waals surface area contributed by atoms with Gasteiger partial charge in [0.15, 0.2) is 0 Å². The molecule has 0 unspecified atom stereocenters. The topological polar surface area (TPSA) is 83.3 Å². The van der Waals surface area contributed by atoms with Gasteiger partial charge in [-0.3, -0.25) is 9.36 Å². The first kappa shape index (κ1) is 21.1. The molecule has 3 heterocycles. The fraction of sp³-hybridized carbons (Fsp3) is 0.381. The molecule has 8 heteroatoms. The smallest absolute Gasteiger partial charge is 0.252 e. The predicted molar refractivity (Wildman–Crippen MR) is 119 cm³/mol. The van der Waals surface area contributed by atoms with Crippen molar-refractivity contribution in [3.63, 3.8) is 0 Å². The fourth-order valence-electron chi connectivity index (χ4n) is 3.61. The van der Waals surface area contributed by atoms with Gasteiger partial charge in [0, 0.05) is 55.3 Å². The molecule has 4 rings (SSSR count). The Bertz CT molecular complexity index is 1000. The van der Waals surface area contributed by atoms with E-state index in [1.54, 1.807) is 16.8 Å². The molecule has 1 aliphatic heterocycles. The standard InChI is InChI=1S/C21H25N5O2.ClH/c27-14-4-13-26-19(28)10-5-16-15-22-21(24-20(16)26)23-17-6-8-18(9-7-17)25-11-2-1-3-12-25;/h5-10,15,27H,1-4,11-14H2,(H,22,23,24);1H. The van der Waals surface area contributed by atoms with E-state index < -0.39 is 0 Å². The largest absolute Gasteiger partial charge is 0.396 e. The van der Waals surface area contributed by atoms with Crippen LogP contribution in [0.25, 0.3) is 11.0 Å². The van der Waals surface area contributed by atoms with Crippen molar-refractivity contribution in [1.82, 2.24) is 14.5 Å². The monoisotopic (exact) mass is 415 g/mol. The average Bonchev–Trinajstić information content (AvgIpc) is 2.74. The molecule has 0 saturated carbocycles. The van der Waals surface area contributed by atoms with Crippen LogP contribution in [-0.2, 0) is 6.54 Å². The molecular formula is C21H26ClN5O2. The second-order valence-corrected chi connectivity index (χ2v) is 7.09. The van der Waals surface area contributed by atoms with Crippen LogP contribution in [-0.4, -0.2) is 39.3 Å². The zero-order chi connectivity index (χ0) is 19.3. The maximum absolute atomic E-state index is 12.2. The van der Waals surface area contributed by atoms with Gasteiger partial charge in [-0.25, -0.2) is 4.98 Å². The first-order valence-corrected chi connectivity index (χ1v) is 9.84. The Labute approximate surface area is 175 Å². The molecule has 2 aromatic heterocycles. The Hall–Kier alpha value is -2.64. The number of nitrogens with zero attached hydrogens (tertiary/aromatic N) is 4. The van der Waals surface area contributed by atoms with E-state index in [0.29, 0.717) is 24.6 Å². The summed E-state index contributed by atoms with van der Waals surface area (Å²) in [5.41, 5.74) is 2.59. The lowest BCUT2D eigenvalue weighted by atomic mass is 10.1. The fourth-order valence-corrected chi connectivity index (χ4v) is 3.61. The summed E-state index contributed by atoms with van der Waals surface area (Å²) in [6.07, 6.45) is 6.04. The van der Waals surface area contributed by atoms with Crippen LogP contribution in [0.4, 0.5) is 17.3 Å². The number of halogens is 1. The minimum absolute atomic E-state index is 0. The minimum Gasteiger partial charge on any atom is -0.396 e. The Balaban J connectivity index is 0.00000240. The van der Waals surface area contributed by atoms with Crippen LogP contribution in [0.15, 0.2) is 47.4 Å². The molecule has 29 heavy (non-hydrogen) atoms. The van der Waals surface area contributed by atoms with E-state index in [1.807, 2.05) is 12.1 Å². The van der Waals surface area contributed by atoms with E-state index in [-0.39, 0.29) is 24.6 Å². The molecule has 0 bridgehead atoms. The Morgan fingerprint density at radius 2 is 1.79 bits per heavy atom. The van der Waals surface area contributed by atoms with E-state index in [1.165, 1.54) is 31.0 Å². The SMILES string of the molecule is Cl.O=c1ccc2cnc(Nc3ccc(N4CCCCC4)cc3)nc2n1CCCO. The third kappa shape index (κ3) is 4.86. The summed E-state index contributed by atoms with van der Waals surface area (Å²) in [7, 11) is 0. The van der Waals surface area contributed by atoms with Crippen molar-refractivity contribution < 1.29 is 5.11 Å². The van der Waals surface area contributed by atoms with Crippen molar-refractivity contribution in [3.8, 4) is 0 Å². The van der Waals surface area contributed by atoms with Crippen molar-refractivity contribution in [2.24, 2.45) is 0 Å². The van der Waals surface area contributed by atoms with Crippen LogP contribution in [0, 0.1) is 0 Å². The van der Waals surface area contributed by atoms with Crippen molar-refractivity contribution in [1.29, 1.82) is 0 Å². The molecule has 1 fully saturated rings. The lowest BCUT2D eigenvalue weighted by Crippen LogP contribution is -2.29. The summed E-state index contributed by atoms with van der Waals surface area (Å²) in [6, 6.07) is 11.5. The van der Waals surface area contributed by atoms with Crippen molar-refractivity contribution in [3.05, 3.63) is 52.9 Å². The summed E-state index contributed by atoms with van der Waals surface area (Å²) in [5.74, 6) is 0.446. The minimum atomic E-state index is -0.128. The molecule has 154 valence electrons. The zero-order valence-electron chi connectivity index (χ0n) is 16.3. The van der Waals surface area contributed by atoms with E-state index in [9.17, 15) is 4.79 Å². The number of pyridine rings is 1. The van der Waals surface area contributed by atoms with Crippen molar-refractivity contribution >= 4 is 40.8 Å². The molecule has 0 atom stereocenters. The lowest BCUT2D eigenvalue weighted by molar-refractivity contribution is 0.280. The molecule has 0 spiro atoms. The van der Waals surface area contributed by atoms with Crippen LogP contribution in [0.3, 0.4) is 0 Å². The first-order valence-electron chi connectivity index (χ1n) is 9.84. The van der Waals surface area contributed by atoms with Crippen LogP contribution in [0.5, 0.6) is 0 Å². The number of hydrogen-bond acceptors (Lipinski definition) is 6. The van der Waals surface area contributed by atoms with Gasteiger partial charge < -0.3 is 15.3 Å². The molecule has 7 nitrogen and oxygen atoms in total. The number of aryl methyl sites for hydroxylation is 1. The highest BCUT2D eigenvalue weighted by atomic mass is 35.5. The number of benzene rings is 1. The van der Waals surface area contributed by atoms with Gasteiger partial charge >= 0.3 is 0 Å². The molecule has 1 saturated heterocycles. The highest BCUT2D eigenvalue weighted by molar-refractivity contribution is 5.85. The Kier molecular flexibility index (Phi) is 7.06. The van der Waals surface area contributed by atoms with E-state index in [0.717, 1.165) is 24.2 Å². The molecule has 0 aliphatic carbocycles. The van der Waals surface area contributed by atoms with Gasteiger partial charge in [0.1, 0.15) is 5.65 Å². The van der Waals surface area contributed by atoms with Gasteiger partial charge in [0.25, 0.3) is 5.56 Å². The van der Waals surface area contributed by atoms with Crippen LogP contribution >= 0.6 is 12.4 Å². The van der Waals surface area contributed by atoms with Gasteiger partial charge in [-0.15, -0.1) is 12.4 Å². The number of aliphatic hydroxyl groups is 1. The molecular weight excluding hydrogens is 390 g/mol. The number of hydrogen-bond donors (Lipinski definition) is 2. The Morgan fingerprint density at radius 3 is 2.52 bits per heavy atom. The molecule has 3 aromatic rings. The molecule has 1 aromatic carbocycles. The summed E-state index contributed by atoms with van der Waals surface area (Å²) in [5, 5.41) is 13.1. The number of fused-ring (bicyclic) bond motifs is 1. The van der Waals surface area contributed by atoms with Crippen LogP contribution in [0.1, 0.15) is 25.7 Å². The second kappa shape index (κ2) is 9.71. The van der Waals surface area contributed by atoms with E-state index in [2.05, 4.69) is 32.3 Å². The predicted octanol–water partition coefficient (Wildman–Crippen LogP) is 3.33. The second-order valence-electron chi connectivity index (χ2n) is 7.09. The maximum atomic E-state index is 12.2. The normalized spacial score (nSPS) is 13.9. The van der Waals surface area contributed by atoms with Crippen LogP contribution in [0.2, 0.25) is 0 Å². The average molecular weight is 416 g/mol. The quantitative estimate of drug-likeness (QED) is 0.642. The molecule has 0 radical (unpaired) electrons. The summed E-state index contributed by atoms with van der Waals surface area (Å²) >= 11 is 0. The number of aromatic nitrogens is 3. The van der Waals surface area contributed by atoms with Gasteiger partial charge in [0.2, 0.25) is 5.95 Å². The summed E-state index contributed by atoms with van der Waals surface area (Å²) in [4.78, 5) is 23.5. The number of nitrogens with one attached hydrogen (secondary N) is 1. The molecule has 0 amide bonds. The highest BCUT2D eigenvalue weighted by Gasteiger charge is 2.11. The van der Waals surface area contributed by atoms with Gasteiger partial charge in [-0.05, 0) is 56.0 Å². The van der Waals surface area contributed by atoms with E-state index in [4.69, 9.17) is 5.11 Å². The lowest BCUT2D eigenvalue weighted by Gasteiger charge is -2.28. The number of rotatable bonds is 6. The van der Waals surface area contributed by atoms with Gasteiger partial charge in [-0.2, -0.15) is 4.98 Å². The Morgan fingerprint density at radius 1 is 1.03 bits per heavy atom. The van der Waals surface area contributed by atoms with Gasteiger partial charge in [-0.1, -0.05) is 0 Å². The zero-order valence-corrected chi connectivity index (χ0v) is 17.1. The number of piperidine rings is 1. The van der Waals surface area contributed by atoms with Crippen LogP contribution < -0.4 is 15.8 Å². The van der Waals surface area contributed by atoms with Gasteiger partial charge in [0.05, 0.1) is 0 Å². The molecule has 2 N–H and O–H groups in total. The van der Waals surface area contributed by atoms with Crippen molar-refractivity contribution in [2.45, 2.75) is 32.2 Å². The number of anilines is 3. The van der Waals surface area contributed by atoms with Crippen molar-refractivity contribution in [2.75, 3.05) is 29.9 Å². The third-order valence-corrected chi connectivity index (χ3v) is 5.11. The first-order chi connectivity index (χ1) is 13.7. The van der Waals surface area contributed by atoms with E-state index >= 15 is 0 Å². The third-order valence-electron chi connectivity index (χ3n) is 5.11. The summed E-state index contributed by atoms with van der Waals surface area (Å²) in [6.45, 7) is 2.69. The molecule has 1 aliphatic rings.